The van der Waals surface area contributed by atoms with Crippen molar-refractivity contribution >= 4 is 16.6 Å². The highest BCUT2D eigenvalue weighted by molar-refractivity contribution is 5.97. The largest absolute Gasteiger partial charge is 0.496 e. The molecule has 0 spiro atoms. The highest BCUT2D eigenvalue weighted by Gasteiger charge is 2.08. The molecular weight excluding hydrogens is 188 g/mol. The molecule has 0 amide bonds. The molecule has 3 nitrogen and oxygen atoms in total. The van der Waals surface area contributed by atoms with E-state index >= 15 is 0 Å². The average molecular weight is 202 g/mol. The number of fused-ring (bicyclic) bond motifs is 1. The topological polar surface area (TPSA) is 48.1 Å². The monoisotopic (exact) mass is 202 g/mol. The predicted octanol–water partition coefficient (Wildman–Crippen LogP) is 2.39. The number of anilines is 1. The number of aryl methyl sites for hydroxylation is 1. The first-order valence-electron chi connectivity index (χ1n) is 4.98. The number of benzene rings is 1. The van der Waals surface area contributed by atoms with E-state index in [1.807, 2.05) is 24.4 Å². The minimum Gasteiger partial charge on any atom is -0.496 e. The molecule has 0 aliphatic rings. The number of nitrogens with two attached hydrogens (primary N) is 1. The van der Waals surface area contributed by atoms with E-state index in [2.05, 4.69) is 11.9 Å². The Kier molecular flexibility index (Phi) is 2.46. The summed E-state index contributed by atoms with van der Waals surface area (Å²) in [5, 5.41) is 2.05. The van der Waals surface area contributed by atoms with E-state index in [4.69, 9.17) is 10.5 Å². The molecule has 0 unspecified atom stereocenters. The number of hydrogen-bond donors (Lipinski definition) is 1. The second-order valence-electron chi connectivity index (χ2n) is 3.41. The van der Waals surface area contributed by atoms with E-state index in [0.717, 1.165) is 28.5 Å². The Hall–Kier alpha value is -1.77. The summed E-state index contributed by atoms with van der Waals surface area (Å²) in [6.45, 7) is 2.10. The maximum Gasteiger partial charge on any atom is 0.131 e. The van der Waals surface area contributed by atoms with Gasteiger partial charge in [-0.3, -0.25) is 0 Å². The molecule has 1 heterocycles. The highest BCUT2D eigenvalue weighted by Crippen LogP contribution is 2.31. The number of hydrogen-bond acceptors (Lipinski definition) is 3. The van der Waals surface area contributed by atoms with Crippen molar-refractivity contribution in [2.24, 2.45) is 0 Å². The van der Waals surface area contributed by atoms with Gasteiger partial charge in [0.1, 0.15) is 11.6 Å². The van der Waals surface area contributed by atoms with Crippen LogP contribution < -0.4 is 10.5 Å². The molecule has 0 bridgehead atoms. The van der Waals surface area contributed by atoms with Crippen molar-refractivity contribution < 1.29 is 4.74 Å². The molecule has 3 heteroatoms. The molecule has 0 fully saturated rings. The molecular formula is C12H14N2O. The van der Waals surface area contributed by atoms with Crippen molar-refractivity contribution in [3.05, 3.63) is 30.0 Å². The lowest BCUT2D eigenvalue weighted by atomic mass is 10.0. The van der Waals surface area contributed by atoms with Crippen molar-refractivity contribution in [3.63, 3.8) is 0 Å². The Balaban J connectivity index is 2.87. The summed E-state index contributed by atoms with van der Waals surface area (Å²) in [6, 6.07) is 5.85. The molecule has 0 aliphatic carbocycles. The Labute approximate surface area is 88.9 Å². The van der Waals surface area contributed by atoms with E-state index in [-0.39, 0.29) is 0 Å². The van der Waals surface area contributed by atoms with Crippen LogP contribution in [-0.4, -0.2) is 12.1 Å². The van der Waals surface area contributed by atoms with Crippen LogP contribution in [-0.2, 0) is 6.42 Å². The summed E-state index contributed by atoms with van der Waals surface area (Å²) in [7, 11) is 1.67. The quantitative estimate of drug-likeness (QED) is 0.813. The van der Waals surface area contributed by atoms with E-state index in [1.54, 1.807) is 7.11 Å². The van der Waals surface area contributed by atoms with Gasteiger partial charge in [-0.1, -0.05) is 19.1 Å². The van der Waals surface area contributed by atoms with Crippen molar-refractivity contribution in [2.75, 3.05) is 12.8 Å². The van der Waals surface area contributed by atoms with E-state index in [0.29, 0.717) is 5.82 Å². The van der Waals surface area contributed by atoms with Crippen LogP contribution in [0.3, 0.4) is 0 Å². The first-order chi connectivity index (χ1) is 7.27. The SMILES string of the molecule is CCc1cnc(N)c2cccc(OC)c12. The van der Waals surface area contributed by atoms with Crippen molar-refractivity contribution in [2.45, 2.75) is 13.3 Å². The number of methoxy groups -OCH3 is 1. The molecule has 2 N–H and O–H groups in total. The second kappa shape index (κ2) is 3.77. The summed E-state index contributed by atoms with van der Waals surface area (Å²) < 4.78 is 5.34. The molecule has 0 saturated carbocycles. The second-order valence-corrected chi connectivity index (χ2v) is 3.41. The Morgan fingerprint density at radius 3 is 2.87 bits per heavy atom. The van der Waals surface area contributed by atoms with Gasteiger partial charge in [0.2, 0.25) is 0 Å². The van der Waals surface area contributed by atoms with E-state index in [1.165, 1.54) is 0 Å². The summed E-state index contributed by atoms with van der Waals surface area (Å²) in [5.74, 6) is 1.42. The van der Waals surface area contributed by atoms with Gasteiger partial charge in [-0.05, 0) is 18.1 Å². The van der Waals surface area contributed by atoms with Crippen molar-refractivity contribution in [1.29, 1.82) is 0 Å². The maximum absolute atomic E-state index is 5.84. The van der Waals surface area contributed by atoms with Crippen LogP contribution in [0.5, 0.6) is 5.75 Å². The number of nitrogen functional groups attached to an aromatic ring is 1. The third-order valence-electron chi connectivity index (χ3n) is 2.58. The van der Waals surface area contributed by atoms with Gasteiger partial charge >= 0.3 is 0 Å². The standard InChI is InChI=1S/C12H14N2O/c1-3-8-7-14-12(13)9-5-4-6-10(15-2)11(8)9/h4-7H,3H2,1-2H3,(H2,13,14). The molecule has 0 atom stereocenters. The third-order valence-corrected chi connectivity index (χ3v) is 2.58. The van der Waals surface area contributed by atoms with Gasteiger partial charge in [0.15, 0.2) is 0 Å². The molecule has 78 valence electrons. The number of rotatable bonds is 2. The number of ether oxygens (including phenoxy) is 1. The number of pyridine rings is 1. The molecule has 1 aromatic heterocycles. The zero-order chi connectivity index (χ0) is 10.8. The summed E-state index contributed by atoms with van der Waals surface area (Å²) in [4.78, 5) is 4.18. The van der Waals surface area contributed by atoms with Crippen LogP contribution in [0.1, 0.15) is 12.5 Å². The lowest BCUT2D eigenvalue weighted by Crippen LogP contribution is -1.96. The Bertz CT molecular complexity index is 484. The van der Waals surface area contributed by atoms with Gasteiger partial charge in [0.05, 0.1) is 7.11 Å². The average Bonchev–Trinajstić information content (AvgIpc) is 2.29. The fourth-order valence-corrected chi connectivity index (χ4v) is 1.80. The Morgan fingerprint density at radius 1 is 1.40 bits per heavy atom. The first kappa shape index (κ1) is 9.77. The fraction of sp³-hybridized carbons (Fsp3) is 0.250. The summed E-state index contributed by atoms with van der Waals surface area (Å²) in [5.41, 5.74) is 7.00. The van der Waals surface area contributed by atoms with Crippen LogP contribution in [0.15, 0.2) is 24.4 Å². The zero-order valence-corrected chi connectivity index (χ0v) is 8.95. The van der Waals surface area contributed by atoms with Crippen LogP contribution in [0.25, 0.3) is 10.8 Å². The smallest absolute Gasteiger partial charge is 0.131 e. The minimum atomic E-state index is 0.557. The normalized spacial score (nSPS) is 10.5. The lowest BCUT2D eigenvalue weighted by molar-refractivity contribution is 0.419. The molecule has 15 heavy (non-hydrogen) atoms. The van der Waals surface area contributed by atoms with Gasteiger partial charge in [-0.25, -0.2) is 4.98 Å². The molecule has 1 aromatic carbocycles. The van der Waals surface area contributed by atoms with Crippen LogP contribution in [0.4, 0.5) is 5.82 Å². The van der Waals surface area contributed by atoms with Gasteiger partial charge in [0.25, 0.3) is 0 Å². The van der Waals surface area contributed by atoms with Crippen LogP contribution in [0.2, 0.25) is 0 Å². The van der Waals surface area contributed by atoms with Crippen molar-refractivity contribution in [3.8, 4) is 5.75 Å². The number of nitrogens with zero attached hydrogens (tertiary/aromatic N) is 1. The molecule has 0 aliphatic heterocycles. The van der Waals surface area contributed by atoms with Gasteiger partial charge in [-0.2, -0.15) is 0 Å². The molecule has 0 radical (unpaired) electrons. The van der Waals surface area contributed by atoms with Gasteiger partial charge in [-0.15, -0.1) is 0 Å². The summed E-state index contributed by atoms with van der Waals surface area (Å²) >= 11 is 0. The van der Waals surface area contributed by atoms with E-state index in [9.17, 15) is 0 Å². The molecule has 2 aromatic rings. The minimum absolute atomic E-state index is 0.557. The maximum atomic E-state index is 5.84. The Morgan fingerprint density at radius 2 is 2.20 bits per heavy atom. The third kappa shape index (κ3) is 1.50. The molecule has 2 rings (SSSR count). The summed E-state index contributed by atoms with van der Waals surface area (Å²) in [6.07, 6.45) is 2.74. The predicted molar refractivity (Wildman–Crippen MR) is 62.1 cm³/mol. The van der Waals surface area contributed by atoms with Crippen LogP contribution >= 0.6 is 0 Å². The number of aromatic nitrogens is 1. The van der Waals surface area contributed by atoms with Gasteiger partial charge in [0, 0.05) is 17.0 Å². The highest BCUT2D eigenvalue weighted by atomic mass is 16.5. The molecule has 0 saturated heterocycles. The fourth-order valence-electron chi connectivity index (χ4n) is 1.80. The van der Waals surface area contributed by atoms with E-state index < -0.39 is 0 Å². The first-order valence-corrected chi connectivity index (χ1v) is 4.98. The van der Waals surface area contributed by atoms with Gasteiger partial charge < -0.3 is 10.5 Å². The van der Waals surface area contributed by atoms with Crippen LogP contribution in [0, 0.1) is 0 Å². The zero-order valence-electron chi connectivity index (χ0n) is 8.95. The lowest BCUT2D eigenvalue weighted by Gasteiger charge is -2.10. The van der Waals surface area contributed by atoms with Crippen molar-refractivity contribution in [1.82, 2.24) is 4.98 Å².